The van der Waals surface area contributed by atoms with E-state index in [2.05, 4.69) is 5.32 Å². The maximum atomic E-state index is 9.80. The van der Waals surface area contributed by atoms with Gasteiger partial charge in [0.05, 0.1) is 6.10 Å². The zero-order valence-corrected chi connectivity index (χ0v) is 9.87. The van der Waals surface area contributed by atoms with Gasteiger partial charge in [-0.3, -0.25) is 0 Å². The molecule has 2 atom stereocenters. The molecule has 1 aromatic rings. The summed E-state index contributed by atoms with van der Waals surface area (Å²) in [4.78, 5) is 0.316. The van der Waals surface area contributed by atoms with Crippen molar-refractivity contribution in [3.63, 3.8) is 0 Å². The summed E-state index contributed by atoms with van der Waals surface area (Å²) in [6, 6.07) is 6.87. The van der Waals surface area contributed by atoms with Crippen LogP contribution in [0, 0.1) is 0 Å². The lowest BCUT2D eigenvalue weighted by atomic mass is 10.0. The van der Waals surface area contributed by atoms with Gasteiger partial charge in [0.2, 0.25) is 0 Å². The Balaban J connectivity index is 2.77. The third-order valence-corrected chi connectivity index (χ3v) is 2.55. The Kier molecular flexibility index (Phi) is 4.82. The van der Waals surface area contributed by atoms with Crippen LogP contribution < -0.4 is 11.1 Å². The Bertz CT molecular complexity index is 354. The van der Waals surface area contributed by atoms with Gasteiger partial charge in [0.25, 0.3) is 0 Å². The van der Waals surface area contributed by atoms with E-state index < -0.39 is 12.2 Å². The van der Waals surface area contributed by atoms with E-state index in [0.717, 1.165) is 5.56 Å². The van der Waals surface area contributed by atoms with Crippen molar-refractivity contribution in [1.29, 1.82) is 0 Å². The fraction of sp³-hybridized carbons (Fsp3) is 0.364. The summed E-state index contributed by atoms with van der Waals surface area (Å²) in [5.41, 5.74) is 6.84. The van der Waals surface area contributed by atoms with Crippen molar-refractivity contribution in [2.45, 2.75) is 12.2 Å². The standard InChI is InChI=1S/C11H16N2O2S/c1-13-6-9(14)10(15)7-2-4-8(5-3-7)11(12)16/h2-5,9-10,13-15H,6H2,1H3,(H2,12,16). The van der Waals surface area contributed by atoms with E-state index in [1.165, 1.54) is 0 Å². The van der Waals surface area contributed by atoms with Crippen molar-refractivity contribution in [2.75, 3.05) is 13.6 Å². The van der Waals surface area contributed by atoms with E-state index in [1.807, 2.05) is 0 Å². The minimum Gasteiger partial charge on any atom is -0.389 e. The topological polar surface area (TPSA) is 78.5 Å². The van der Waals surface area contributed by atoms with Crippen LogP contribution in [0.2, 0.25) is 0 Å². The monoisotopic (exact) mass is 240 g/mol. The molecule has 0 fully saturated rings. The van der Waals surface area contributed by atoms with Gasteiger partial charge in [0.15, 0.2) is 0 Å². The number of hydrogen-bond donors (Lipinski definition) is 4. The first-order valence-electron chi connectivity index (χ1n) is 4.96. The molecule has 0 aromatic heterocycles. The number of hydrogen-bond acceptors (Lipinski definition) is 4. The average Bonchev–Trinajstić information content (AvgIpc) is 2.28. The molecule has 0 radical (unpaired) electrons. The smallest absolute Gasteiger partial charge is 0.106 e. The molecule has 5 N–H and O–H groups in total. The fourth-order valence-electron chi connectivity index (χ4n) is 1.39. The summed E-state index contributed by atoms with van der Waals surface area (Å²) in [7, 11) is 1.71. The van der Waals surface area contributed by atoms with E-state index >= 15 is 0 Å². The number of benzene rings is 1. The molecule has 0 spiro atoms. The highest BCUT2D eigenvalue weighted by Gasteiger charge is 2.17. The highest BCUT2D eigenvalue weighted by molar-refractivity contribution is 7.80. The van der Waals surface area contributed by atoms with Crippen LogP contribution >= 0.6 is 12.2 Å². The van der Waals surface area contributed by atoms with Crippen LogP contribution in [0.3, 0.4) is 0 Å². The van der Waals surface area contributed by atoms with Gasteiger partial charge in [0, 0.05) is 12.1 Å². The summed E-state index contributed by atoms with van der Waals surface area (Å²) in [6.07, 6.45) is -1.74. The number of aliphatic hydroxyl groups excluding tert-OH is 2. The van der Waals surface area contributed by atoms with Crippen molar-refractivity contribution < 1.29 is 10.2 Å². The lowest BCUT2D eigenvalue weighted by Crippen LogP contribution is -2.29. The van der Waals surface area contributed by atoms with Crippen LogP contribution in [0.1, 0.15) is 17.2 Å². The second kappa shape index (κ2) is 5.91. The Morgan fingerprint density at radius 1 is 1.38 bits per heavy atom. The molecule has 0 heterocycles. The maximum Gasteiger partial charge on any atom is 0.106 e. The highest BCUT2D eigenvalue weighted by Crippen LogP contribution is 2.17. The Morgan fingerprint density at radius 2 is 1.94 bits per heavy atom. The number of thiocarbonyl (C=S) groups is 1. The summed E-state index contributed by atoms with van der Waals surface area (Å²) in [5, 5.41) is 22.2. The third-order valence-electron chi connectivity index (χ3n) is 2.31. The summed E-state index contributed by atoms with van der Waals surface area (Å²) in [5.74, 6) is 0. The number of nitrogens with two attached hydrogens (primary N) is 1. The normalized spacial score (nSPS) is 14.4. The van der Waals surface area contributed by atoms with Gasteiger partial charge in [0.1, 0.15) is 11.1 Å². The molecule has 4 nitrogen and oxygen atoms in total. The number of nitrogens with one attached hydrogen (secondary N) is 1. The zero-order valence-electron chi connectivity index (χ0n) is 9.05. The van der Waals surface area contributed by atoms with Gasteiger partial charge >= 0.3 is 0 Å². The van der Waals surface area contributed by atoms with Crippen LogP contribution in [-0.2, 0) is 0 Å². The zero-order chi connectivity index (χ0) is 12.1. The van der Waals surface area contributed by atoms with Crippen LogP contribution in [0.25, 0.3) is 0 Å². The lowest BCUT2D eigenvalue weighted by molar-refractivity contribution is 0.0202. The molecule has 88 valence electrons. The molecule has 2 unspecified atom stereocenters. The second-order valence-electron chi connectivity index (χ2n) is 3.56. The minimum absolute atomic E-state index is 0.316. The lowest BCUT2D eigenvalue weighted by Gasteiger charge is -2.17. The van der Waals surface area contributed by atoms with E-state index in [-0.39, 0.29) is 0 Å². The Labute approximate surface area is 100 Å². The minimum atomic E-state index is -0.909. The maximum absolute atomic E-state index is 9.80. The number of rotatable bonds is 5. The number of likely N-dealkylation sites (N-methyl/N-ethyl adjacent to an activating group) is 1. The Hall–Kier alpha value is -1.01. The van der Waals surface area contributed by atoms with Gasteiger partial charge in [-0.05, 0) is 12.6 Å². The van der Waals surface area contributed by atoms with Crippen LogP contribution in [-0.4, -0.2) is 34.9 Å². The van der Waals surface area contributed by atoms with Crippen molar-refractivity contribution in [1.82, 2.24) is 5.32 Å². The summed E-state index contributed by atoms with van der Waals surface area (Å²) in [6.45, 7) is 0.332. The highest BCUT2D eigenvalue weighted by atomic mass is 32.1. The van der Waals surface area contributed by atoms with Crippen molar-refractivity contribution in [2.24, 2.45) is 5.73 Å². The van der Waals surface area contributed by atoms with Crippen LogP contribution in [0.15, 0.2) is 24.3 Å². The predicted octanol–water partition coefficient (Wildman–Crippen LogP) is -0.0655. The molecular formula is C11H16N2O2S. The molecular weight excluding hydrogens is 224 g/mol. The molecule has 0 aliphatic carbocycles. The van der Waals surface area contributed by atoms with E-state index in [4.69, 9.17) is 18.0 Å². The molecule has 5 heteroatoms. The molecule has 0 aliphatic rings. The van der Waals surface area contributed by atoms with Gasteiger partial charge in [-0.25, -0.2) is 0 Å². The largest absolute Gasteiger partial charge is 0.389 e. The van der Waals surface area contributed by atoms with E-state index in [0.29, 0.717) is 17.1 Å². The quantitative estimate of drug-likeness (QED) is 0.542. The molecule has 1 rings (SSSR count). The molecule has 0 saturated carbocycles. The van der Waals surface area contributed by atoms with Gasteiger partial charge < -0.3 is 21.3 Å². The molecule has 16 heavy (non-hydrogen) atoms. The first-order chi connectivity index (χ1) is 7.56. The van der Waals surface area contributed by atoms with Gasteiger partial charge in [-0.2, -0.15) is 0 Å². The SMILES string of the molecule is CNCC(O)C(O)c1ccc(C(N)=S)cc1. The third kappa shape index (κ3) is 3.24. The Morgan fingerprint density at radius 3 is 2.38 bits per heavy atom. The van der Waals surface area contributed by atoms with E-state index in [9.17, 15) is 10.2 Å². The van der Waals surface area contributed by atoms with E-state index in [1.54, 1.807) is 31.3 Å². The predicted molar refractivity (Wildman–Crippen MR) is 67.2 cm³/mol. The van der Waals surface area contributed by atoms with Gasteiger partial charge in [-0.15, -0.1) is 0 Å². The average molecular weight is 240 g/mol. The van der Waals surface area contributed by atoms with Crippen molar-refractivity contribution in [3.8, 4) is 0 Å². The summed E-state index contributed by atoms with van der Waals surface area (Å²) >= 11 is 4.82. The fourth-order valence-corrected chi connectivity index (χ4v) is 1.52. The first-order valence-corrected chi connectivity index (χ1v) is 5.37. The molecule has 0 aliphatic heterocycles. The second-order valence-corrected chi connectivity index (χ2v) is 4.00. The number of aliphatic hydroxyl groups is 2. The molecule has 0 amide bonds. The van der Waals surface area contributed by atoms with Crippen LogP contribution in [0.4, 0.5) is 0 Å². The molecule has 0 saturated heterocycles. The summed E-state index contributed by atoms with van der Waals surface area (Å²) < 4.78 is 0. The molecule has 1 aromatic carbocycles. The van der Waals surface area contributed by atoms with Crippen molar-refractivity contribution >= 4 is 17.2 Å². The van der Waals surface area contributed by atoms with Gasteiger partial charge in [-0.1, -0.05) is 36.5 Å². The first kappa shape index (κ1) is 13.1. The molecule has 0 bridgehead atoms. The van der Waals surface area contributed by atoms with Crippen LogP contribution in [0.5, 0.6) is 0 Å². The van der Waals surface area contributed by atoms with Crippen molar-refractivity contribution in [3.05, 3.63) is 35.4 Å².